The monoisotopic (exact) mass is 375 g/mol. The van der Waals surface area contributed by atoms with Gasteiger partial charge >= 0.3 is 0 Å². The molecule has 0 spiro atoms. The van der Waals surface area contributed by atoms with Crippen molar-refractivity contribution in [3.05, 3.63) is 78.4 Å². The number of carbonyl (C=O) groups excluding carboxylic acids is 1. The lowest BCUT2D eigenvalue weighted by Gasteiger charge is -2.26. The average Bonchev–Trinajstić information content (AvgIpc) is 3.40. The molecule has 1 saturated heterocycles. The summed E-state index contributed by atoms with van der Waals surface area (Å²) in [5.41, 5.74) is 3.42. The number of ether oxygens (including phenoxy) is 1. The summed E-state index contributed by atoms with van der Waals surface area (Å²) in [4.78, 5) is 19.5. The van der Waals surface area contributed by atoms with E-state index >= 15 is 0 Å². The second-order valence-corrected chi connectivity index (χ2v) is 7.17. The molecule has 0 radical (unpaired) electrons. The number of hydrogen-bond acceptors (Lipinski definition) is 3. The molecular weight excluding hydrogens is 350 g/mol. The van der Waals surface area contributed by atoms with Crippen LogP contribution in [0.15, 0.2) is 67.0 Å². The van der Waals surface area contributed by atoms with E-state index in [1.807, 2.05) is 53.0 Å². The van der Waals surface area contributed by atoms with Gasteiger partial charge in [-0.1, -0.05) is 54.6 Å². The summed E-state index contributed by atoms with van der Waals surface area (Å²) in [5, 5.41) is 0. The normalized spacial score (nSPS) is 16.2. The molecule has 0 N–H and O–H groups in total. The van der Waals surface area contributed by atoms with Gasteiger partial charge in [0.05, 0.1) is 6.54 Å². The fraction of sp³-hybridized carbons (Fsp3) is 0.304. The first-order chi connectivity index (χ1) is 13.7. The summed E-state index contributed by atoms with van der Waals surface area (Å²) < 4.78 is 7.64. The Kier molecular flexibility index (Phi) is 5.53. The quantitative estimate of drug-likeness (QED) is 0.658. The van der Waals surface area contributed by atoms with E-state index in [1.165, 1.54) is 0 Å². The van der Waals surface area contributed by atoms with Crippen molar-refractivity contribution in [2.75, 3.05) is 6.61 Å². The third-order valence-corrected chi connectivity index (χ3v) is 5.23. The number of carbonyl (C=O) groups is 1. The molecule has 5 nitrogen and oxygen atoms in total. The molecule has 4 rings (SSSR count). The fourth-order valence-electron chi connectivity index (χ4n) is 3.67. The molecule has 1 amide bonds. The van der Waals surface area contributed by atoms with Crippen LogP contribution in [0.1, 0.15) is 24.2 Å². The van der Waals surface area contributed by atoms with E-state index in [-0.39, 0.29) is 12.0 Å². The Morgan fingerprint density at radius 2 is 1.93 bits per heavy atom. The number of imidazole rings is 1. The van der Waals surface area contributed by atoms with Crippen molar-refractivity contribution in [3.63, 3.8) is 0 Å². The lowest BCUT2D eigenvalue weighted by atomic mass is 9.99. The molecule has 1 atom stereocenters. The Morgan fingerprint density at radius 1 is 1.14 bits per heavy atom. The van der Waals surface area contributed by atoms with Crippen LogP contribution in [0.3, 0.4) is 0 Å². The molecule has 2 aromatic carbocycles. The highest BCUT2D eigenvalue weighted by atomic mass is 16.5. The molecule has 0 bridgehead atoms. The number of rotatable bonds is 6. The highest BCUT2D eigenvalue weighted by Gasteiger charge is 2.29. The highest BCUT2D eigenvalue weighted by Crippen LogP contribution is 2.26. The second kappa shape index (κ2) is 8.40. The lowest BCUT2D eigenvalue weighted by molar-refractivity contribution is -0.142. The minimum atomic E-state index is -0.343. The summed E-state index contributed by atoms with van der Waals surface area (Å²) in [6.45, 7) is 1.65. The van der Waals surface area contributed by atoms with Crippen LogP contribution in [0.5, 0.6) is 0 Å². The lowest BCUT2D eigenvalue weighted by Crippen LogP contribution is -2.38. The predicted molar refractivity (Wildman–Crippen MR) is 108 cm³/mol. The summed E-state index contributed by atoms with van der Waals surface area (Å²) in [6, 6.07) is 18.6. The summed E-state index contributed by atoms with van der Waals surface area (Å²) in [6.07, 6.45) is 5.05. The van der Waals surface area contributed by atoms with Crippen LogP contribution in [0.4, 0.5) is 0 Å². The van der Waals surface area contributed by atoms with Crippen molar-refractivity contribution in [2.45, 2.75) is 32.0 Å². The predicted octanol–water partition coefficient (Wildman–Crippen LogP) is 3.79. The van der Waals surface area contributed by atoms with Gasteiger partial charge in [-0.3, -0.25) is 4.79 Å². The minimum Gasteiger partial charge on any atom is -0.368 e. The maximum Gasteiger partial charge on any atom is 0.252 e. The standard InChI is InChI=1S/C23H25N3O2/c1-25-14-13-24-22(25)17-26(23(27)21-12-7-15-28-21)16-19-10-5-6-11-20(19)18-8-3-2-4-9-18/h2-6,8-11,13-14,21H,7,12,15-17H2,1H3/t21-/m0/s1. The van der Waals surface area contributed by atoms with Gasteiger partial charge in [-0.25, -0.2) is 4.98 Å². The maximum absolute atomic E-state index is 13.2. The average molecular weight is 375 g/mol. The topological polar surface area (TPSA) is 47.4 Å². The van der Waals surface area contributed by atoms with Crippen LogP contribution in [-0.4, -0.2) is 33.1 Å². The minimum absolute atomic E-state index is 0.0448. The Morgan fingerprint density at radius 3 is 2.64 bits per heavy atom. The molecule has 5 heteroatoms. The molecule has 28 heavy (non-hydrogen) atoms. The molecular formula is C23H25N3O2. The zero-order chi connectivity index (χ0) is 19.3. The van der Waals surface area contributed by atoms with E-state index in [9.17, 15) is 4.79 Å². The Balaban J connectivity index is 1.64. The van der Waals surface area contributed by atoms with Crippen molar-refractivity contribution in [1.29, 1.82) is 0 Å². The summed E-state index contributed by atoms with van der Waals surface area (Å²) in [5.74, 6) is 0.909. The number of hydrogen-bond donors (Lipinski definition) is 0. The second-order valence-electron chi connectivity index (χ2n) is 7.17. The number of benzene rings is 2. The number of aryl methyl sites for hydroxylation is 1. The first kappa shape index (κ1) is 18.4. The zero-order valence-corrected chi connectivity index (χ0v) is 16.1. The third-order valence-electron chi connectivity index (χ3n) is 5.23. The van der Waals surface area contributed by atoms with Gasteiger partial charge in [-0.2, -0.15) is 0 Å². The SMILES string of the molecule is Cn1ccnc1CN(Cc1ccccc1-c1ccccc1)C(=O)[C@@H]1CCCO1. The van der Waals surface area contributed by atoms with Crippen molar-refractivity contribution >= 4 is 5.91 Å². The van der Waals surface area contributed by atoms with Gasteiger partial charge in [0.15, 0.2) is 0 Å². The zero-order valence-electron chi connectivity index (χ0n) is 16.1. The van der Waals surface area contributed by atoms with Gasteiger partial charge in [-0.15, -0.1) is 0 Å². The van der Waals surface area contributed by atoms with Gasteiger partial charge in [-0.05, 0) is 29.5 Å². The smallest absolute Gasteiger partial charge is 0.252 e. The van der Waals surface area contributed by atoms with E-state index in [0.717, 1.165) is 35.4 Å². The number of amides is 1. The Hall–Kier alpha value is -2.92. The number of aromatic nitrogens is 2. The molecule has 0 saturated carbocycles. The largest absolute Gasteiger partial charge is 0.368 e. The van der Waals surface area contributed by atoms with E-state index < -0.39 is 0 Å². The molecule has 1 aliphatic rings. The van der Waals surface area contributed by atoms with Crippen LogP contribution in [0, 0.1) is 0 Å². The molecule has 1 aliphatic heterocycles. The molecule has 0 unspecified atom stereocenters. The van der Waals surface area contributed by atoms with Crippen molar-refractivity contribution in [3.8, 4) is 11.1 Å². The molecule has 1 aromatic heterocycles. The molecule has 3 aromatic rings. The molecule has 2 heterocycles. The van der Waals surface area contributed by atoms with Crippen LogP contribution in [0.25, 0.3) is 11.1 Å². The highest BCUT2D eigenvalue weighted by molar-refractivity contribution is 5.81. The van der Waals surface area contributed by atoms with Crippen LogP contribution in [0.2, 0.25) is 0 Å². The Bertz CT molecular complexity index is 930. The summed E-state index contributed by atoms with van der Waals surface area (Å²) >= 11 is 0. The first-order valence-corrected chi connectivity index (χ1v) is 9.72. The van der Waals surface area contributed by atoms with Crippen LogP contribution >= 0.6 is 0 Å². The first-order valence-electron chi connectivity index (χ1n) is 9.72. The van der Waals surface area contributed by atoms with Crippen molar-refractivity contribution in [2.24, 2.45) is 7.05 Å². The van der Waals surface area contributed by atoms with Gasteiger partial charge < -0.3 is 14.2 Å². The molecule has 144 valence electrons. The van der Waals surface area contributed by atoms with Gasteiger partial charge in [0.2, 0.25) is 0 Å². The number of nitrogens with zero attached hydrogens (tertiary/aromatic N) is 3. The van der Waals surface area contributed by atoms with E-state index in [4.69, 9.17) is 4.74 Å². The molecule has 1 fully saturated rings. The van der Waals surface area contributed by atoms with Crippen LogP contribution in [-0.2, 0) is 29.7 Å². The maximum atomic E-state index is 13.2. The van der Waals surface area contributed by atoms with E-state index in [0.29, 0.717) is 19.7 Å². The van der Waals surface area contributed by atoms with E-state index in [2.05, 4.69) is 29.2 Å². The molecule has 0 aliphatic carbocycles. The van der Waals surface area contributed by atoms with Crippen LogP contribution < -0.4 is 0 Å². The van der Waals surface area contributed by atoms with Gasteiger partial charge in [0.1, 0.15) is 11.9 Å². The third kappa shape index (κ3) is 3.99. The fourth-order valence-corrected chi connectivity index (χ4v) is 3.67. The Labute approximate surface area is 165 Å². The summed E-state index contributed by atoms with van der Waals surface area (Å²) in [7, 11) is 1.95. The van der Waals surface area contributed by atoms with E-state index in [1.54, 1.807) is 6.20 Å². The van der Waals surface area contributed by atoms with Gasteiger partial charge in [0.25, 0.3) is 5.91 Å². The van der Waals surface area contributed by atoms with Gasteiger partial charge in [0, 0.05) is 32.6 Å². The van der Waals surface area contributed by atoms with Crippen molar-refractivity contribution < 1.29 is 9.53 Å². The van der Waals surface area contributed by atoms with Crippen molar-refractivity contribution in [1.82, 2.24) is 14.5 Å².